The number of nitrogens with two attached hydrogens (primary N) is 1. The van der Waals surface area contributed by atoms with Gasteiger partial charge in [0.2, 0.25) is 0 Å². The fourth-order valence-corrected chi connectivity index (χ4v) is 2.54. The molecule has 7 heteroatoms. The Morgan fingerprint density at radius 1 is 1.48 bits per heavy atom. The third-order valence-corrected chi connectivity index (χ3v) is 3.67. The zero-order chi connectivity index (χ0) is 15.6. The molecular weight excluding hydrogens is 311 g/mol. The van der Waals surface area contributed by atoms with E-state index in [1.165, 1.54) is 0 Å². The Morgan fingerprint density at radius 3 is 2.76 bits per heavy atom. The molecule has 0 aliphatic heterocycles. The molecule has 0 spiro atoms. The molecule has 1 unspecified atom stereocenters. The minimum absolute atomic E-state index is 0.216. The van der Waals surface area contributed by atoms with Crippen LogP contribution in [-0.2, 0) is 6.54 Å². The largest absolute Gasteiger partial charge is 0.396 e. The highest BCUT2D eigenvalue weighted by Gasteiger charge is 2.18. The molecule has 0 fully saturated rings. The maximum absolute atomic E-state index is 12.2. The standard InChI is InChI=1S/C14H16Cl2N4O/c1-3-20-7-12(17)13(19-20)14(21)18-8(2)10-5-4-9(15)6-11(10)16/h4-8H,3,17H2,1-2H3,(H,18,21). The molecule has 1 aromatic carbocycles. The zero-order valence-corrected chi connectivity index (χ0v) is 13.2. The highest BCUT2D eigenvalue weighted by atomic mass is 35.5. The first kappa shape index (κ1) is 15.7. The molecule has 0 saturated heterocycles. The van der Waals surface area contributed by atoms with Crippen LogP contribution in [0.3, 0.4) is 0 Å². The van der Waals surface area contributed by atoms with Crippen LogP contribution >= 0.6 is 23.2 Å². The Labute approximate surface area is 133 Å². The molecule has 1 atom stereocenters. The van der Waals surface area contributed by atoms with Crippen molar-refractivity contribution in [2.24, 2.45) is 0 Å². The number of rotatable bonds is 4. The lowest BCUT2D eigenvalue weighted by atomic mass is 10.1. The number of carbonyl (C=O) groups is 1. The Hall–Kier alpha value is -1.72. The molecule has 2 rings (SSSR count). The van der Waals surface area contributed by atoms with Crippen molar-refractivity contribution in [3.63, 3.8) is 0 Å². The molecule has 112 valence electrons. The van der Waals surface area contributed by atoms with Gasteiger partial charge < -0.3 is 11.1 Å². The third kappa shape index (κ3) is 3.49. The van der Waals surface area contributed by atoms with Crippen molar-refractivity contribution in [1.29, 1.82) is 0 Å². The van der Waals surface area contributed by atoms with Crippen LogP contribution in [0.2, 0.25) is 10.0 Å². The van der Waals surface area contributed by atoms with E-state index in [-0.39, 0.29) is 17.6 Å². The summed E-state index contributed by atoms with van der Waals surface area (Å²) in [5.41, 5.74) is 7.14. The second-order valence-electron chi connectivity index (χ2n) is 4.65. The number of anilines is 1. The highest BCUT2D eigenvalue weighted by Crippen LogP contribution is 2.26. The summed E-state index contributed by atoms with van der Waals surface area (Å²) in [5.74, 6) is -0.335. The van der Waals surface area contributed by atoms with Gasteiger partial charge in [0, 0.05) is 22.8 Å². The van der Waals surface area contributed by atoms with Crippen molar-refractivity contribution < 1.29 is 4.79 Å². The average Bonchev–Trinajstić information content (AvgIpc) is 2.79. The van der Waals surface area contributed by atoms with Crippen molar-refractivity contribution in [2.75, 3.05) is 5.73 Å². The van der Waals surface area contributed by atoms with E-state index < -0.39 is 0 Å². The molecular formula is C14H16Cl2N4O. The molecule has 3 N–H and O–H groups in total. The van der Waals surface area contributed by atoms with Crippen molar-refractivity contribution >= 4 is 34.8 Å². The first-order valence-corrected chi connectivity index (χ1v) is 7.26. The van der Waals surface area contributed by atoms with Gasteiger partial charge in [-0.1, -0.05) is 29.3 Å². The fraction of sp³-hybridized carbons (Fsp3) is 0.286. The molecule has 0 aliphatic rings. The maximum Gasteiger partial charge on any atom is 0.274 e. The minimum atomic E-state index is -0.335. The molecule has 2 aromatic rings. The van der Waals surface area contributed by atoms with Gasteiger partial charge in [0.05, 0.1) is 11.7 Å². The van der Waals surface area contributed by atoms with Gasteiger partial charge in [0.1, 0.15) is 0 Å². The molecule has 1 heterocycles. The Kier molecular flexibility index (Phi) is 4.75. The van der Waals surface area contributed by atoms with E-state index in [4.69, 9.17) is 28.9 Å². The van der Waals surface area contributed by atoms with Gasteiger partial charge in [-0.2, -0.15) is 5.10 Å². The van der Waals surface area contributed by atoms with E-state index in [2.05, 4.69) is 10.4 Å². The van der Waals surface area contributed by atoms with Crippen molar-refractivity contribution in [1.82, 2.24) is 15.1 Å². The van der Waals surface area contributed by atoms with Crippen molar-refractivity contribution in [3.05, 3.63) is 45.7 Å². The molecule has 1 amide bonds. The number of amides is 1. The number of hydrogen-bond acceptors (Lipinski definition) is 3. The van der Waals surface area contributed by atoms with Crippen LogP contribution in [0.15, 0.2) is 24.4 Å². The smallest absolute Gasteiger partial charge is 0.274 e. The van der Waals surface area contributed by atoms with Gasteiger partial charge in [0.25, 0.3) is 5.91 Å². The number of nitrogens with zero attached hydrogens (tertiary/aromatic N) is 2. The predicted molar refractivity (Wildman–Crippen MR) is 84.7 cm³/mol. The molecule has 5 nitrogen and oxygen atoms in total. The zero-order valence-electron chi connectivity index (χ0n) is 11.7. The van der Waals surface area contributed by atoms with E-state index in [0.29, 0.717) is 22.3 Å². The normalized spacial score (nSPS) is 12.2. The van der Waals surface area contributed by atoms with Crippen molar-refractivity contribution in [2.45, 2.75) is 26.4 Å². The first-order chi connectivity index (χ1) is 9.92. The highest BCUT2D eigenvalue weighted by molar-refractivity contribution is 6.35. The summed E-state index contributed by atoms with van der Waals surface area (Å²) in [7, 11) is 0. The Balaban J connectivity index is 2.16. The summed E-state index contributed by atoms with van der Waals surface area (Å²) in [6, 6.07) is 4.87. The van der Waals surface area contributed by atoms with Crippen LogP contribution < -0.4 is 11.1 Å². The van der Waals surface area contributed by atoms with E-state index >= 15 is 0 Å². The van der Waals surface area contributed by atoms with Crippen LogP contribution in [0.5, 0.6) is 0 Å². The third-order valence-electron chi connectivity index (χ3n) is 3.11. The molecule has 21 heavy (non-hydrogen) atoms. The molecule has 0 radical (unpaired) electrons. The predicted octanol–water partition coefficient (Wildman–Crippen LogP) is 3.28. The molecule has 0 saturated carbocycles. The van der Waals surface area contributed by atoms with Crippen LogP contribution in [0.4, 0.5) is 5.69 Å². The number of hydrogen-bond donors (Lipinski definition) is 2. The van der Waals surface area contributed by atoms with Gasteiger partial charge in [-0.15, -0.1) is 0 Å². The number of aryl methyl sites for hydroxylation is 1. The number of benzene rings is 1. The van der Waals surface area contributed by atoms with Crippen molar-refractivity contribution in [3.8, 4) is 0 Å². The van der Waals surface area contributed by atoms with Gasteiger partial charge >= 0.3 is 0 Å². The monoisotopic (exact) mass is 326 g/mol. The lowest BCUT2D eigenvalue weighted by Gasteiger charge is -2.15. The second kappa shape index (κ2) is 6.37. The van der Waals surface area contributed by atoms with Crippen LogP contribution in [0.1, 0.15) is 35.9 Å². The summed E-state index contributed by atoms with van der Waals surface area (Å²) in [6.45, 7) is 4.40. The Morgan fingerprint density at radius 2 is 2.19 bits per heavy atom. The number of nitrogens with one attached hydrogen (secondary N) is 1. The quantitative estimate of drug-likeness (QED) is 0.905. The maximum atomic E-state index is 12.2. The second-order valence-corrected chi connectivity index (χ2v) is 5.49. The van der Waals surface area contributed by atoms with Crippen LogP contribution in [0, 0.1) is 0 Å². The number of carbonyl (C=O) groups excluding carboxylic acids is 1. The van der Waals surface area contributed by atoms with Crippen LogP contribution in [0.25, 0.3) is 0 Å². The molecule has 0 aliphatic carbocycles. The summed E-state index contributed by atoms with van der Waals surface area (Å²) < 4.78 is 1.62. The Bertz CT molecular complexity index is 669. The van der Waals surface area contributed by atoms with E-state index in [1.54, 1.807) is 29.1 Å². The molecule has 0 bridgehead atoms. The summed E-state index contributed by atoms with van der Waals surface area (Å²) in [4.78, 5) is 12.2. The van der Waals surface area contributed by atoms with E-state index in [0.717, 1.165) is 5.56 Å². The fourth-order valence-electron chi connectivity index (χ4n) is 1.97. The lowest BCUT2D eigenvalue weighted by Crippen LogP contribution is -2.28. The lowest BCUT2D eigenvalue weighted by molar-refractivity contribution is 0.0935. The van der Waals surface area contributed by atoms with Gasteiger partial charge in [-0.3, -0.25) is 9.48 Å². The number of halogens is 2. The average molecular weight is 327 g/mol. The van der Waals surface area contributed by atoms with Gasteiger partial charge in [-0.25, -0.2) is 0 Å². The van der Waals surface area contributed by atoms with E-state index in [9.17, 15) is 4.79 Å². The molecule has 1 aromatic heterocycles. The summed E-state index contributed by atoms with van der Waals surface area (Å²) in [6.07, 6.45) is 1.63. The van der Waals surface area contributed by atoms with Crippen LogP contribution in [-0.4, -0.2) is 15.7 Å². The summed E-state index contributed by atoms with van der Waals surface area (Å²) in [5, 5.41) is 8.02. The van der Waals surface area contributed by atoms with Gasteiger partial charge in [-0.05, 0) is 31.5 Å². The van der Waals surface area contributed by atoms with Gasteiger partial charge in [0.15, 0.2) is 5.69 Å². The summed E-state index contributed by atoms with van der Waals surface area (Å²) >= 11 is 12.0. The number of nitrogen functional groups attached to an aromatic ring is 1. The topological polar surface area (TPSA) is 72.9 Å². The SMILES string of the molecule is CCn1cc(N)c(C(=O)NC(C)c2ccc(Cl)cc2Cl)n1. The first-order valence-electron chi connectivity index (χ1n) is 6.51. The van der Waals surface area contributed by atoms with E-state index in [1.807, 2.05) is 13.8 Å². The number of aromatic nitrogens is 2. The minimum Gasteiger partial charge on any atom is -0.396 e.